The first-order valence-electron chi connectivity index (χ1n) is 17.9. The summed E-state index contributed by atoms with van der Waals surface area (Å²) in [7, 11) is 0. The standard InChI is InChI=1S/C47H27N5OS/c1-3-12-28(13-4-1)44-48-45(29-22-24-39-35(26-29)32-16-8-10-20-38(32)53-39)50-46(49-44)30-23-25-40-37(27-30)52-43-34(18-11-21-41(43)54-40)42-33-17-7-9-19-36(33)51(47(42)52)31-14-5-2-6-15-31/h1-27H. The van der Waals surface area contributed by atoms with Gasteiger partial charge in [0.1, 0.15) is 16.8 Å². The summed E-state index contributed by atoms with van der Waals surface area (Å²) in [6, 6.07) is 57.1. The van der Waals surface area contributed by atoms with Gasteiger partial charge in [0.15, 0.2) is 17.5 Å². The highest BCUT2D eigenvalue weighted by atomic mass is 32.2. The quantitative estimate of drug-likeness (QED) is 0.182. The molecule has 0 spiro atoms. The monoisotopic (exact) mass is 709 g/mol. The molecule has 0 radical (unpaired) electrons. The summed E-state index contributed by atoms with van der Waals surface area (Å²) in [4.78, 5) is 17.8. The Morgan fingerprint density at radius 3 is 1.93 bits per heavy atom. The molecule has 7 heteroatoms. The van der Waals surface area contributed by atoms with Crippen LogP contribution in [0.25, 0.3) is 100 Å². The van der Waals surface area contributed by atoms with Gasteiger partial charge in [-0.15, -0.1) is 0 Å². The number of para-hydroxylation sites is 4. The molecule has 0 aliphatic carbocycles. The van der Waals surface area contributed by atoms with Gasteiger partial charge in [-0.1, -0.05) is 109 Å². The van der Waals surface area contributed by atoms with Gasteiger partial charge in [0, 0.05) is 59.1 Å². The zero-order chi connectivity index (χ0) is 35.3. The number of hydrogen-bond donors (Lipinski definition) is 0. The van der Waals surface area contributed by atoms with Gasteiger partial charge >= 0.3 is 0 Å². The van der Waals surface area contributed by atoms with Crippen molar-refractivity contribution in [2.24, 2.45) is 0 Å². The minimum Gasteiger partial charge on any atom is -0.456 e. The van der Waals surface area contributed by atoms with Crippen LogP contribution in [-0.2, 0) is 0 Å². The number of rotatable bonds is 4. The van der Waals surface area contributed by atoms with Crippen LogP contribution in [0.4, 0.5) is 0 Å². The van der Waals surface area contributed by atoms with Crippen molar-refractivity contribution in [2.75, 3.05) is 0 Å². The molecule has 12 rings (SSSR count). The van der Waals surface area contributed by atoms with Crippen molar-refractivity contribution >= 4 is 66.5 Å². The minimum absolute atomic E-state index is 0.610. The zero-order valence-corrected chi connectivity index (χ0v) is 29.5. The van der Waals surface area contributed by atoms with Crippen LogP contribution in [0.5, 0.6) is 0 Å². The van der Waals surface area contributed by atoms with Gasteiger partial charge in [0.25, 0.3) is 0 Å². The summed E-state index contributed by atoms with van der Waals surface area (Å²) in [5, 5.41) is 5.83. The number of benzene rings is 7. The van der Waals surface area contributed by atoms with Gasteiger partial charge in [0.05, 0.1) is 16.7 Å². The molecule has 0 fully saturated rings. The third kappa shape index (κ3) is 4.27. The predicted molar refractivity (Wildman–Crippen MR) is 219 cm³/mol. The van der Waals surface area contributed by atoms with Gasteiger partial charge in [-0.05, 0) is 66.7 Å². The van der Waals surface area contributed by atoms with Crippen molar-refractivity contribution in [1.29, 1.82) is 0 Å². The van der Waals surface area contributed by atoms with Crippen molar-refractivity contribution in [3.05, 3.63) is 164 Å². The maximum Gasteiger partial charge on any atom is 0.164 e. The van der Waals surface area contributed by atoms with Crippen molar-refractivity contribution in [3.63, 3.8) is 0 Å². The summed E-state index contributed by atoms with van der Waals surface area (Å²) in [6.45, 7) is 0. The third-order valence-corrected chi connectivity index (χ3v) is 11.7. The molecule has 0 bridgehead atoms. The highest BCUT2D eigenvalue weighted by Crippen LogP contribution is 2.50. The lowest BCUT2D eigenvalue weighted by Gasteiger charge is -2.22. The molecule has 11 aromatic rings. The Bertz CT molecular complexity index is 3310. The first kappa shape index (κ1) is 29.6. The molecular weight excluding hydrogens is 683 g/mol. The molecule has 252 valence electrons. The molecule has 1 aliphatic rings. The highest BCUT2D eigenvalue weighted by Gasteiger charge is 2.28. The Labute approximate surface area is 313 Å². The Kier molecular flexibility index (Phi) is 6.18. The number of hydrogen-bond acceptors (Lipinski definition) is 5. The molecule has 0 amide bonds. The van der Waals surface area contributed by atoms with E-state index in [9.17, 15) is 0 Å². The number of furan rings is 1. The van der Waals surface area contributed by atoms with Crippen LogP contribution >= 0.6 is 11.8 Å². The Hall–Kier alpha value is -6.96. The fourth-order valence-electron chi connectivity index (χ4n) is 8.17. The van der Waals surface area contributed by atoms with Crippen molar-refractivity contribution in [3.8, 4) is 45.5 Å². The van der Waals surface area contributed by atoms with E-state index in [4.69, 9.17) is 19.4 Å². The molecule has 6 nitrogen and oxygen atoms in total. The lowest BCUT2D eigenvalue weighted by Crippen LogP contribution is -2.06. The first-order valence-corrected chi connectivity index (χ1v) is 18.8. The fraction of sp³-hybridized carbons (Fsp3) is 0. The largest absolute Gasteiger partial charge is 0.456 e. The number of nitrogens with zero attached hydrogens (tertiary/aromatic N) is 5. The average Bonchev–Trinajstić information content (AvgIpc) is 3.90. The van der Waals surface area contributed by atoms with Crippen LogP contribution in [0.2, 0.25) is 0 Å². The smallest absolute Gasteiger partial charge is 0.164 e. The topological polar surface area (TPSA) is 61.7 Å². The lowest BCUT2D eigenvalue weighted by atomic mass is 10.1. The molecule has 1 aliphatic heterocycles. The van der Waals surface area contributed by atoms with Gasteiger partial charge < -0.3 is 4.42 Å². The van der Waals surface area contributed by atoms with Gasteiger partial charge in [-0.25, -0.2) is 15.0 Å². The van der Waals surface area contributed by atoms with Crippen LogP contribution in [0.15, 0.2) is 178 Å². The van der Waals surface area contributed by atoms with E-state index in [0.29, 0.717) is 17.5 Å². The van der Waals surface area contributed by atoms with Gasteiger partial charge in [-0.3, -0.25) is 9.13 Å². The summed E-state index contributed by atoms with van der Waals surface area (Å²) in [6.07, 6.45) is 0. The summed E-state index contributed by atoms with van der Waals surface area (Å²) in [5.41, 5.74) is 10.2. The Morgan fingerprint density at radius 1 is 0.444 bits per heavy atom. The number of fused-ring (bicyclic) bond motifs is 10. The summed E-state index contributed by atoms with van der Waals surface area (Å²) in [5.74, 6) is 1.85. The van der Waals surface area contributed by atoms with Crippen molar-refractivity contribution in [1.82, 2.24) is 24.1 Å². The van der Waals surface area contributed by atoms with Crippen LogP contribution in [-0.4, -0.2) is 24.1 Å². The first-order chi connectivity index (χ1) is 26.8. The van der Waals surface area contributed by atoms with E-state index in [2.05, 4.69) is 112 Å². The van der Waals surface area contributed by atoms with E-state index >= 15 is 0 Å². The molecular formula is C47H27N5OS. The lowest BCUT2D eigenvalue weighted by molar-refractivity contribution is 0.669. The molecule has 4 aromatic heterocycles. The second kappa shape index (κ2) is 11.3. The molecule has 54 heavy (non-hydrogen) atoms. The fourth-order valence-corrected chi connectivity index (χ4v) is 9.24. The average molecular weight is 710 g/mol. The molecule has 0 unspecified atom stereocenters. The maximum atomic E-state index is 6.15. The Morgan fingerprint density at radius 2 is 1.09 bits per heavy atom. The van der Waals surface area contributed by atoms with E-state index in [1.165, 1.54) is 37.0 Å². The van der Waals surface area contributed by atoms with Gasteiger partial charge in [0.2, 0.25) is 0 Å². The molecule has 7 aromatic carbocycles. The van der Waals surface area contributed by atoms with Crippen molar-refractivity contribution in [2.45, 2.75) is 9.79 Å². The van der Waals surface area contributed by atoms with E-state index < -0.39 is 0 Å². The molecule has 0 atom stereocenters. The van der Waals surface area contributed by atoms with E-state index in [1.54, 1.807) is 0 Å². The Balaban J connectivity index is 1.11. The van der Waals surface area contributed by atoms with Crippen LogP contribution in [0.3, 0.4) is 0 Å². The number of aromatic nitrogens is 5. The summed E-state index contributed by atoms with van der Waals surface area (Å²) >= 11 is 1.82. The van der Waals surface area contributed by atoms with Crippen LogP contribution in [0.1, 0.15) is 0 Å². The molecule has 5 heterocycles. The predicted octanol–water partition coefficient (Wildman–Crippen LogP) is 12.3. The zero-order valence-electron chi connectivity index (χ0n) is 28.6. The maximum absolute atomic E-state index is 6.15. The molecule has 0 saturated heterocycles. The van der Waals surface area contributed by atoms with E-state index in [-0.39, 0.29) is 0 Å². The van der Waals surface area contributed by atoms with Gasteiger partial charge in [-0.2, -0.15) is 0 Å². The van der Waals surface area contributed by atoms with Crippen molar-refractivity contribution < 1.29 is 4.42 Å². The SMILES string of the molecule is c1ccc(-c2nc(-c3ccc4c(c3)-n3c5c(cccc5c5c6ccccc6n(-c6ccccc6)c53)S4)nc(-c3ccc4oc5ccccc5c4c3)n2)cc1. The minimum atomic E-state index is 0.610. The van der Waals surface area contributed by atoms with Crippen LogP contribution in [0, 0.1) is 0 Å². The second-order valence-corrected chi connectivity index (χ2v) is 14.7. The molecule has 0 N–H and O–H groups in total. The second-order valence-electron chi connectivity index (χ2n) is 13.6. The summed E-state index contributed by atoms with van der Waals surface area (Å²) < 4.78 is 11.0. The third-order valence-electron chi connectivity index (χ3n) is 10.5. The van der Waals surface area contributed by atoms with Crippen LogP contribution < -0.4 is 0 Å². The van der Waals surface area contributed by atoms with E-state index in [0.717, 1.165) is 55.7 Å². The normalized spacial score (nSPS) is 12.4. The van der Waals surface area contributed by atoms with E-state index in [1.807, 2.05) is 72.4 Å². The highest BCUT2D eigenvalue weighted by molar-refractivity contribution is 7.99. The molecule has 0 saturated carbocycles.